The van der Waals surface area contributed by atoms with E-state index in [0.29, 0.717) is 86.7 Å². The topological polar surface area (TPSA) is 508 Å². The van der Waals surface area contributed by atoms with E-state index >= 15 is 0 Å². The summed E-state index contributed by atoms with van der Waals surface area (Å²) in [5.41, 5.74) is 28.1. The smallest absolute Gasteiger partial charge is 0.439 e. The van der Waals surface area contributed by atoms with Gasteiger partial charge in [-0.1, -0.05) is 66.6 Å². The minimum absolute atomic E-state index is 0. The first-order chi connectivity index (χ1) is 56.6. The summed E-state index contributed by atoms with van der Waals surface area (Å²) < 4.78 is 72.6. The van der Waals surface area contributed by atoms with Crippen LogP contribution in [0.4, 0.5) is 23.1 Å². The molecule has 2 aliphatic rings. The summed E-state index contributed by atoms with van der Waals surface area (Å²) in [4.78, 5) is 127. The maximum Gasteiger partial charge on any atom is 0.439 e. The molecule has 0 aliphatic carbocycles. The number of carbonyl (C=O) groups excluding carboxylic acids is 3. The van der Waals surface area contributed by atoms with E-state index in [4.69, 9.17) is 101 Å². The third-order valence-corrected chi connectivity index (χ3v) is 16.0. The molecule has 0 radical (unpaired) electrons. The number of halogens is 6. The standard InChI is InChI=1S/C8H8ClN3O2.C8H7N3.C7H3BrClN3.C7H4BrN3O.C7H4ClN3.C7H5N3O.2C6H13BO2.C6H9N3.C4H3ClN3.C4H6O2.C2H4O.CH4.5W/c1-14-7(13)3-2-5-8(10)12-6(9)4-11-5;1-6-2-3-7-8(11-6)10-5-4-9-7;8-5-3-10-4-1-2-6(9)12-7(4)11-5;8-5-3-9-4-1-2-6(12)11-7(4)10-5;8-6-2-1-5-7(11-6)10-4-3-9-5;11-6-2-1-5-7(10-6)9-4-3-8-5;2*1-5(2)6(3,4)9-7-8-5;1-4-2-3-5(7)6(8)9-4;5-3-1-7-2-4(6)8-3;1-3-4(5)6-2;1-2-3;;;;;;/h2-4H,1H3,(H2,10,12);2-5H,1H3;1-3H;1-3H,(H,10,11,12);1-4H;1-4H,(H,9,10,11);2*7H,1-4H3;2-3H,7H2,1H3,(H2,8,9);1H,(H2,6,8);3H,1H2,2H3;2H,1H3;1H4;;;;;/q;;;;;;;;;-1;;;;;;;;/b3-2+;;;;;;;;;;;;;;;;;/i;5D;;;2*4D;2*7D;;;;2D;;;;;;. The molecule has 0 unspecified atom stereocenters. The summed E-state index contributed by atoms with van der Waals surface area (Å²) in [7, 11) is 0.961. The van der Waals surface area contributed by atoms with E-state index in [2.05, 4.69) is 154 Å². The van der Waals surface area contributed by atoms with Gasteiger partial charge in [-0.3, -0.25) is 39.5 Å². The second-order valence-corrected chi connectivity index (χ2v) is 27.0. The van der Waals surface area contributed by atoms with Crippen LogP contribution in [0, 0.1) is 20.0 Å². The second-order valence-electron chi connectivity index (χ2n) is 23.8. The van der Waals surface area contributed by atoms with Crippen LogP contribution in [-0.2, 0) is 148 Å². The van der Waals surface area contributed by atoms with Gasteiger partial charge in [0.25, 0.3) is 0 Å². The number of nitrogens with one attached hydrogen (secondary N) is 2. The Morgan fingerprint density at radius 3 is 1.37 bits per heavy atom. The van der Waals surface area contributed by atoms with Crippen LogP contribution in [0.15, 0.2) is 172 Å². The van der Waals surface area contributed by atoms with Gasteiger partial charge in [0.2, 0.25) is 11.1 Å². The minimum atomic E-state index is -0.815. The predicted octanol–water partition coefficient (Wildman–Crippen LogP) is 11.7. The van der Waals surface area contributed by atoms with E-state index in [0.717, 1.165) is 28.5 Å². The van der Waals surface area contributed by atoms with E-state index in [1.165, 1.54) is 76.4 Å². The molecule has 13 aromatic rings. The Morgan fingerprint density at radius 1 is 0.521 bits per heavy atom. The van der Waals surface area contributed by atoms with Gasteiger partial charge in [0, 0.05) is 184 Å². The first kappa shape index (κ1) is 106. The van der Waals surface area contributed by atoms with Crippen molar-refractivity contribution < 1.29 is 153 Å². The average molecular weight is 2720 g/mol. The number of carbonyl (C=O) groups is 3. The molecule has 0 amide bonds. The van der Waals surface area contributed by atoms with Crippen LogP contribution in [0.3, 0.4) is 0 Å². The molecule has 2 aliphatic heterocycles. The number of hydrogen-bond donors (Lipinski definition) is 6. The number of aromatic amines is 2. The minimum Gasteiger partial charge on any atom is -0.466 e. The molecule has 0 atom stereocenters. The number of ether oxygens (including phenoxy) is 2. The van der Waals surface area contributed by atoms with Crippen molar-refractivity contribution in [3.8, 4) is 0 Å². The van der Waals surface area contributed by atoms with Crippen molar-refractivity contribution in [3.05, 3.63) is 227 Å². The summed E-state index contributed by atoms with van der Waals surface area (Å²) >= 11 is 28.6. The van der Waals surface area contributed by atoms with Crippen molar-refractivity contribution in [3.63, 3.8) is 0 Å². The Morgan fingerprint density at radius 2 is 0.934 bits per heavy atom. The van der Waals surface area contributed by atoms with Crippen molar-refractivity contribution in [2.24, 2.45) is 0 Å². The van der Waals surface area contributed by atoms with Crippen LogP contribution in [-0.4, -0.2) is 172 Å². The molecule has 35 nitrogen and oxygen atoms in total. The SMILES string of the molecule is C.C=CC(=O)OC.COC(=O)/C=C/c1ncc(Cl)nc1N.Cc1ccc(N)c(N)n1.Clc1ccc2ncc(Br)nc2n1.Nc1[c-]ncc(Cl)n1.O=c1ccc2ncc(Br)nc2[nH]1.[2H]B1OC(C)(C)C(C)(C)O1.[2H]B1OC(C)(C)C(C)(C)O1.[2H]C(C)=O.[2H]c1cnc2ccc(=O)[nH]c2n1.[2H]c1cnc2ccc(C)nc2n1.[2H]c1cnc2ccc(Cl)nc2n1.[W].[W].[W].[W].[W]. The van der Waals surface area contributed by atoms with E-state index < -0.39 is 33.5 Å². The first-order valence-corrected chi connectivity index (χ1v) is 35.8. The van der Waals surface area contributed by atoms with Gasteiger partial charge in [-0.05, 0) is 175 Å². The number of aldehydes is 1. The molecule has 121 heavy (non-hydrogen) atoms. The molecule has 0 bridgehead atoms. The first-order valence-electron chi connectivity index (χ1n) is 35.8. The fourth-order valence-electron chi connectivity index (χ4n) is 7.11. The molecule has 10 N–H and O–H groups in total. The Balaban J connectivity index is -0.00000133. The van der Waals surface area contributed by atoms with Crippen molar-refractivity contribution in [2.45, 2.75) is 106 Å². The molecular weight excluding hydrogens is 2630 g/mol. The van der Waals surface area contributed by atoms with Gasteiger partial charge in [0.15, 0.2) is 34.1 Å². The molecule has 0 saturated carbocycles. The van der Waals surface area contributed by atoms with Crippen molar-refractivity contribution in [2.75, 3.05) is 37.2 Å². The zero-order valence-electron chi connectivity index (χ0n) is 71.7. The number of nitrogens with two attached hydrogens (primary N) is 4. The van der Waals surface area contributed by atoms with Crippen molar-refractivity contribution in [1.82, 2.24) is 99.7 Å². The van der Waals surface area contributed by atoms with E-state index in [1.54, 1.807) is 54.9 Å². The number of aryl methyl sites for hydroxylation is 2. The fraction of sp³-hybridized carbons (Fsp3) is 0.247. The number of fused-ring (bicyclic) bond motifs is 5. The number of nitrogens with zero attached hydrogens (tertiary/aromatic N) is 18. The van der Waals surface area contributed by atoms with Crippen LogP contribution in [0.25, 0.3) is 61.9 Å². The van der Waals surface area contributed by atoms with Crippen molar-refractivity contribution >= 4 is 197 Å². The van der Waals surface area contributed by atoms with Crippen LogP contribution in [0.1, 0.15) is 92.3 Å². The molecular formula is C73H83B2Br2Cl4N24O11W5-. The van der Waals surface area contributed by atoms with Crippen LogP contribution < -0.4 is 34.1 Å². The number of H-pyrrole nitrogens is 2. The molecule has 15 rings (SSSR count). The number of rotatable bonds is 3. The fourth-order valence-corrected chi connectivity index (χ4v) is 8.23. The molecule has 2 fully saturated rings. The summed E-state index contributed by atoms with van der Waals surface area (Å²) in [5.74, 6) is -0.0821. The largest absolute Gasteiger partial charge is 0.466 e. The molecule has 2 saturated heterocycles. The van der Waals surface area contributed by atoms with Crippen molar-refractivity contribution in [1.29, 1.82) is 2.67 Å². The van der Waals surface area contributed by atoms with Gasteiger partial charge in [0.05, 0.1) is 72.8 Å². The summed E-state index contributed by atoms with van der Waals surface area (Å²) in [5, 5.41) is 1.29. The van der Waals surface area contributed by atoms with Gasteiger partial charge >= 0.3 is 27.2 Å². The monoisotopic (exact) mass is 2720 g/mol. The maximum absolute atomic E-state index is 10.9. The molecule has 640 valence electrons. The number of aromatic nitrogens is 20. The number of hydrogen-bond acceptors (Lipinski definition) is 33. The van der Waals surface area contributed by atoms with E-state index in [-0.39, 0.29) is 182 Å². The predicted molar refractivity (Wildman–Crippen MR) is 459 cm³/mol. The zero-order chi connectivity index (χ0) is 90.7. The normalized spacial score (nSPS) is 13.1. The third kappa shape index (κ3) is 43.4. The van der Waals surface area contributed by atoms with Gasteiger partial charge in [-0.15, -0.1) is 6.20 Å². The number of nitrogen functional groups attached to an aromatic ring is 4. The molecule has 13 aromatic heterocycles. The summed E-state index contributed by atoms with van der Waals surface area (Å²) in [6, 6.07) is 20.1. The van der Waals surface area contributed by atoms with Crippen LogP contribution >= 0.6 is 78.3 Å². The Hall–Kier alpha value is -7.82. The van der Waals surface area contributed by atoms with Crippen LogP contribution in [0.5, 0.6) is 0 Å². The quantitative estimate of drug-likeness (QED) is 0.0239. The third-order valence-electron chi connectivity index (χ3n) is 14.4. The zero-order valence-corrected chi connectivity index (χ0v) is 86.6. The number of esters is 2. The maximum atomic E-state index is 10.9. The van der Waals surface area contributed by atoms with E-state index in [1.807, 2.05) is 87.4 Å². The molecule has 48 heteroatoms. The van der Waals surface area contributed by atoms with Gasteiger partial charge < -0.3 is 70.8 Å². The number of methoxy groups -OCH3 is 2. The Kier molecular flexibility index (Phi) is 52.2. The van der Waals surface area contributed by atoms with Crippen LogP contribution in [0.2, 0.25) is 20.6 Å². The number of pyridine rings is 6. The van der Waals surface area contributed by atoms with E-state index in [9.17, 15) is 19.2 Å². The Bertz CT molecular complexity index is 5390. The number of anilines is 4. The molecule has 0 spiro atoms. The second kappa shape index (κ2) is 59.9. The summed E-state index contributed by atoms with van der Waals surface area (Å²) in [6.45, 7) is 23.6. The Labute approximate surface area is 815 Å². The van der Waals surface area contributed by atoms with Gasteiger partial charge in [-0.25, -0.2) is 64.4 Å². The van der Waals surface area contributed by atoms with Gasteiger partial charge in [0.1, 0.15) is 71.4 Å². The molecule has 0 aromatic carbocycles. The average Bonchev–Trinajstić information content (AvgIpc) is 1.65. The summed E-state index contributed by atoms with van der Waals surface area (Å²) in [6.07, 6.45) is 15.9. The molecule has 15 heterocycles. The van der Waals surface area contributed by atoms with Gasteiger partial charge in [-0.2, -0.15) is 0 Å².